The Bertz CT molecular complexity index is 382. The number of hydrogen-bond donors (Lipinski definition) is 1. The summed E-state index contributed by atoms with van der Waals surface area (Å²) in [4.78, 5) is 0. The van der Waals surface area contributed by atoms with Crippen molar-refractivity contribution >= 4 is 0 Å². The van der Waals surface area contributed by atoms with Gasteiger partial charge in [-0.3, -0.25) is 0 Å². The SMILES string of the molecule is Fc1ccc(C(F)(F)F)cc1CNC1CC1. The van der Waals surface area contributed by atoms with Crippen molar-refractivity contribution in [2.24, 2.45) is 0 Å². The third-order valence-electron chi connectivity index (χ3n) is 2.53. The minimum atomic E-state index is -4.41. The van der Waals surface area contributed by atoms with E-state index in [4.69, 9.17) is 0 Å². The zero-order valence-corrected chi connectivity index (χ0v) is 8.44. The Morgan fingerprint density at radius 2 is 1.94 bits per heavy atom. The number of halogens is 4. The first-order chi connectivity index (χ1) is 7.47. The largest absolute Gasteiger partial charge is 0.416 e. The van der Waals surface area contributed by atoms with Crippen LogP contribution in [0, 0.1) is 5.82 Å². The molecule has 1 saturated carbocycles. The van der Waals surface area contributed by atoms with Gasteiger partial charge < -0.3 is 5.32 Å². The van der Waals surface area contributed by atoms with Gasteiger partial charge in [-0.15, -0.1) is 0 Å². The third kappa shape index (κ3) is 2.72. The third-order valence-corrected chi connectivity index (χ3v) is 2.53. The monoisotopic (exact) mass is 233 g/mol. The van der Waals surface area contributed by atoms with Crippen molar-refractivity contribution in [2.45, 2.75) is 31.6 Å². The van der Waals surface area contributed by atoms with E-state index < -0.39 is 17.6 Å². The highest BCUT2D eigenvalue weighted by Crippen LogP contribution is 2.30. The molecule has 0 unspecified atom stereocenters. The predicted octanol–water partition coefficient (Wildman–Crippen LogP) is 3.10. The molecule has 0 aliphatic heterocycles. The number of alkyl halides is 3. The lowest BCUT2D eigenvalue weighted by molar-refractivity contribution is -0.137. The van der Waals surface area contributed by atoms with Gasteiger partial charge in [0, 0.05) is 18.2 Å². The minimum Gasteiger partial charge on any atom is -0.310 e. The van der Waals surface area contributed by atoms with Gasteiger partial charge >= 0.3 is 6.18 Å². The summed E-state index contributed by atoms with van der Waals surface area (Å²) in [5.74, 6) is -0.596. The van der Waals surface area contributed by atoms with Crippen LogP contribution in [-0.2, 0) is 12.7 Å². The highest BCUT2D eigenvalue weighted by Gasteiger charge is 2.31. The molecule has 0 saturated heterocycles. The summed E-state index contributed by atoms with van der Waals surface area (Å²) in [6, 6.07) is 2.84. The zero-order valence-electron chi connectivity index (χ0n) is 8.44. The van der Waals surface area contributed by atoms with Crippen molar-refractivity contribution in [1.82, 2.24) is 5.32 Å². The molecule has 1 nitrogen and oxygen atoms in total. The molecule has 1 aliphatic carbocycles. The van der Waals surface area contributed by atoms with Crippen molar-refractivity contribution in [2.75, 3.05) is 0 Å². The number of benzene rings is 1. The van der Waals surface area contributed by atoms with Gasteiger partial charge in [-0.1, -0.05) is 0 Å². The first-order valence-corrected chi connectivity index (χ1v) is 5.06. The van der Waals surface area contributed by atoms with Gasteiger partial charge in [0.05, 0.1) is 5.56 Å². The first-order valence-electron chi connectivity index (χ1n) is 5.06. The van der Waals surface area contributed by atoms with Gasteiger partial charge in [0.1, 0.15) is 5.82 Å². The van der Waals surface area contributed by atoms with E-state index in [0.29, 0.717) is 6.04 Å². The van der Waals surface area contributed by atoms with E-state index in [0.717, 1.165) is 31.0 Å². The number of hydrogen-bond acceptors (Lipinski definition) is 1. The van der Waals surface area contributed by atoms with E-state index in [1.165, 1.54) is 0 Å². The molecule has 16 heavy (non-hydrogen) atoms. The second kappa shape index (κ2) is 4.05. The quantitative estimate of drug-likeness (QED) is 0.791. The Hall–Kier alpha value is -1.10. The fourth-order valence-electron chi connectivity index (χ4n) is 1.43. The van der Waals surface area contributed by atoms with Crippen molar-refractivity contribution in [3.63, 3.8) is 0 Å². The summed E-state index contributed by atoms with van der Waals surface area (Å²) in [7, 11) is 0. The molecule has 1 aromatic carbocycles. The second-order valence-corrected chi connectivity index (χ2v) is 3.96. The van der Waals surface area contributed by atoms with Gasteiger partial charge in [0.15, 0.2) is 0 Å². The van der Waals surface area contributed by atoms with Crippen LogP contribution in [0.5, 0.6) is 0 Å². The van der Waals surface area contributed by atoms with Crippen LogP contribution in [0.1, 0.15) is 24.0 Å². The Balaban J connectivity index is 2.14. The summed E-state index contributed by atoms with van der Waals surface area (Å²) in [6.45, 7) is 0.153. The highest BCUT2D eigenvalue weighted by molar-refractivity contribution is 5.27. The summed E-state index contributed by atoms with van der Waals surface area (Å²) in [5.41, 5.74) is -0.733. The molecule has 88 valence electrons. The van der Waals surface area contributed by atoms with Gasteiger partial charge in [-0.05, 0) is 31.0 Å². The molecular weight excluding hydrogens is 222 g/mol. The van der Waals surface area contributed by atoms with Crippen LogP contribution in [0.3, 0.4) is 0 Å². The average molecular weight is 233 g/mol. The van der Waals surface area contributed by atoms with Gasteiger partial charge in [0.25, 0.3) is 0 Å². The maximum atomic E-state index is 13.2. The molecule has 1 aromatic rings. The van der Waals surface area contributed by atoms with Crippen LogP contribution in [0.4, 0.5) is 17.6 Å². The molecule has 5 heteroatoms. The highest BCUT2D eigenvalue weighted by atomic mass is 19.4. The topological polar surface area (TPSA) is 12.0 Å². The van der Waals surface area contributed by atoms with E-state index in [9.17, 15) is 17.6 Å². The molecule has 0 bridgehead atoms. The standard InChI is InChI=1S/C11H11F4N/c12-10-4-1-8(11(13,14)15)5-7(10)6-16-9-2-3-9/h1,4-5,9,16H,2-3,6H2. The molecule has 0 heterocycles. The van der Waals surface area contributed by atoms with Crippen LogP contribution in [0.15, 0.2) is 18.2 Å². The molecule has 0 radical (unpaired) electrons. The van der Waals surface area contributed by atoms with E-state index in [2.05, 4.69) is 5.32 Å². The Labute approximate surface area is 90.5 Å². The maximum absolute atomic E-state index is 13.2. The Morgan fingerprint density at radius 3 is 2.50 bits per heavy atom. The summed E-state index contributed by atoms with van der Waals surface area (Å²) in [6.07, 6.45) is -2.39. The molecule has 1 aliphatic rings. The molecule has 0 aromatic heterocycles. The van der Waals surface area contributed by atoms with E-state index >= 15 is 0 Å². The molecule has 1 fully saturated rings. The molecule has 0 spiro atoms. The molecule has 0 amide bonds. The lowest BCUT2D eigenvalue weighted by atomic mass is 10.1. The summed E-state index contributed by atoms with van der Waals surface area (Å²) < 4.78 is 50.3. The molecular formula is C11H11F4N. The second-order valence-electron chi connectivity index (χ2n) is 3.96. The van der Waals surface area contributed by atoms with E-state index in [-0.39, 0.29) is 12.1 Å². The van der Waals surface area contributed by atoms with Crippen LogP contribution in [-0.4, -0.2) is 6.04 Å². The van der Waals surface area contributed by atoms with Gasteiger partial charge in [0.2, 0.25) is 0 Å². The van der Waals surface area contributed by atoms with E-state index in [1.807, 2.05) is 0 Å². The fraction of sp³-hybridized carbons (Fsp3) is 0.455. The smallest absolute Gasteiger partial charge is 0.310 e. The predicted molar refractivity (Wildman–Crippen MR) is 51.3 cm³/mol. The normalized spacial score (nSPS) is 16.5. The van der Waals surface area contributed by atoms with E-state index in [1.54, 1.807) is 0 Å². The number of nitrogens with one attached hydrogen (secondary N) is 1. The van der Waals surface area contributed by atoms with Gasteiger partial charge in [-0.2, -0.15) is 13.2 Å². The van der Waals surface area contributed by atoms with Crippen molar-refractivity contribution in [3.8, 4) is 0 Å². The van der Waals surface area contributed by atoms with Crippen molar-refractivity contribution in [3.05, 3.63) is 35.1 Å². The van der Waals surface area contributed by atoms with Crippen LogP contribution >= 0.6 is 0 Å². The Morgan fingerprint density at radius 1 is 1.25 bits per heavy atom. The fourth-order valence-corrected chi connectivity index (χ4v) is 1.43. The lowest BCUT2D eigenvalue weighted by Crippen LogP contribution is -2.17. The number of rotatable bonds is 3. The molecule has 1 N–H and O–H groups in total. The zero-order chi connectivity index (χ0) is 11.8. The minimum absolute atomic E-state index is 0.0710. The van der Waals surface area contributed by atoms with Crippen molar-refractivity contribution in [1.29, 1.82) is 0 Å². The van der Waals surface area contributed by atoms with Crippen LogP contribution < -0.4 is 5.32 Å². The Kier molecular flexibility index (Phi) is 2.88. The van der Waals surface area contributed by atoms with Crippen molar-refractivity contribution < 1.29 is 17.6 Å². The molecule has 0 atom stereocenters. The summed E-state index contributed by atoms with van der Waals surface area (Å²) >= 11 is 0. The summed E-state index contributed by atoms with van der Waals surface area (Å²) in [5, 5.41) is 2.99. The van der Waals surface area contributed by atoms with Crippen LogP contribution in [0.25, 0.3) is 0 Å². The van der Waals surface area contributed by atoms with Gasteiger partial charge in [-0.25, -0.2) is 4.39 Å². The first kappa shape index (κ1) is 11.4. The molecule has 2 rings (SSSR count). The lowest BCUT2D eigenvalue weighted by Gasteiger charge is -2.10. The maximum Gasteiger partial charge on any atom is 0.416 e. The van der Waals surface area contributed by atoms with Crippen LogP contribution in [0.2, 0.25) is 0 Å². The average Bonchev–Trinajstić information content (AvgIpc) is 2.98.